The van der Waals surface area contributed by atoms with Crippen molar-refractivity contribution < 1.29 is 9.53 Å². The SMILES string of the molecule is COCCCNC(=S)NC(=O)c1ccc(-c2ccccc2)cc1. The molecule has 0 spiro atoms. The molecule has 2 aromatic rings. The fraction of sp³-hybridized carbons (Fsp3) is 0.222. The number of nitrogens with one attached hydrogen (secondary N) is 2. The van der Waals surface area contributed by atoms with Crippen LogP contribution in [0.1, 0.15) is 16.8 Å². The molecule has 0 aliphatic rings. The van der Waals surface area contributed by atoms with Gasteiger partial charge in [-0.25, -0.2) is 0 Å². The monoisotopic (exact) mass is 328 g/mol. The zero-order valence-corrected chi connectivity index (χ0v) is 13.9. The van der Waals surface area contributed by atoms with Crippen molar-refractivity contribution in [1.29, 1.82) is 0 Å². The lowest BCUT2D eigenvalue weighted by atomic mass is 10.0. The van der Waals surface area contributed by atoms with Crippen LogP contribution >= 0.6 is 12.2 Å². The molecule has 0 aliphatic heterocycles. The van der Waals surface area contributed by atoms with E-state index in [1.54, 1.807) is 19.2 Å². The summed E-state index contributed by atoms with van der Waals surface area (Å²) < 4.78 is 4.95. The number of ether oxygens (including phenoxy) is 1. The molecule has 0 heterocycles. The van der Waals surface area contributed by atoms with Gasteiger partial charge >= 0.3 is 0 Å². The second kappa shape index (κ2) is 9.02. The molecule has 0 aromatic heterocycles. The van der Waals surface area contributed by atoms with Crippen LogP contribution < -0.4 is 10.6 Å². The molecule has 2 aromatic carbocycles. The van der Waals surface area contributed by atoms with Crippen LogP contribution in [0.4, 0.5) is 0 Å². The van der Waals surface area contributed by atoms with Gasteiger partial charge in [-0.05, 0) is 41.9 Å². The van der Waals surface area contributed by atoms with Crippen molar-refractivity contribution in [1.82, 2.24) is 10.6 Å². The summed E-state index contributed by atoms with van der Waals surface area (Å²) >= 11 is 5.10. The number of hydrogen-bond acceptors (Lipinski definition) is 3. The molecule has 0 saturated heterocycles. The Hall–Kier alpha value is -2.24. The summed E-state index contributed by atoms with van der Waals surface area (Å²) in [4.78, 5) is 12.1. The number of amides is 1. The van der Waals surface area contributed by atoms with Crippen LogP contribution in [0.15, 0.2) is 54.6 Å². The lowest BCUT2D eigenvalue weighted by molar-refractivity contribution is 0.0976. The Morgan fingerprint density at radius 1 is 1.04 bits per heavy atom. The normalized spacial score (nSPS) is 10.1. The average Bonchev–Trinajstić information content (AvgIpc) is 2.59. The van der Waals surface area contributed by atoms with Gasteiger partial charge in [-0.2, -0.15) is 0 Å². The van der Waals surface area contributed by atoms with Crippen LogP contribution in [0.3, 0.4) is 0 Å². The van der Waals surface area contributed by atoms with E-state index in [0.717, 1.165) is 17.5 Å². The standard InChI is InChI=1S/C18H20N2O2S/c1-22-13-5-12-19-18(23)20-17(21)16-10-8-15(9-11-16)14-6-3-2-4-7-14/h2-4,6-11H,5,12-13H2,1H3,(H2,19,20,21,23). The molecular formula is C18H20N2O2S. The maximum Gasteiger partial charge on any atom is 0.257 e. The van der Waals surface area contributed by atoms with Crippen molar-refractivity contribution in [3.05, 3.63) is 60.2 Å². The van der Waals surface area contributed by atoms with Crippen molar-refractivity contribution in [2.45, 2.75) is 6.42 Å². The van der Waals surface area contributed by atoms with Crippen LogP contribution in [-0.4, -0.2) is 31.3 Å². The van der Waals surface area contributed by atoms with E-state index >= 15 is 0 Å². The van der Waals surface area contributed by atoms with E-state index in [1.807, 2.05) is 42.5 Å². The lowest BCUT2D eigenvalue weighted by Crippen LogP contribution is -2.39. The van der Waals surface area contributed by atoms with Crippen LogP contribution in [0, 0.1) is 0 Å². The number of thiocarbonyl (C=S) groups is 1. The second-order valence-corrected chi connectivity index (χ2v) is 5.41. The van der Waals surface area contributed by atoms with Gasteiger partial charge in [0.15, 0.2) is 5.11 Å². The Labute approximate surface area is 141 Å². The van der Waals surface area contributed by atoms with Gasteiger partial charge in [0.1, 0.15) is 0 Å². The van der Waals surface area contributed by atoms with Gasteiger partial charge in [-0.3, -0.25) is 10.1 Å². The molecular weight excluding hydrogens is 308 g/mol. The first-order chi connectivity index (χ1) is 11.2. The quantitative estimate of drug-likeness (QED) is 0.632. The third-order valence-electron chi connectivity index (χ3n) is 3.29. The molecule has 0 radical (unpaired) electrons. The van der Waals surface area contributed by atoms with Gasteiger partial charge in [0.25, 0.3) is 5.91 Å². The minimum Gasteiger partial charge on any atom is -0.385 e. The molecule has 2 N–H and O–H groups in total. The van der Waals surface area contributed by atoms with Crippen molar-refractivity contribution >= 4 is 23.2 Å². The molecule has 0 aliphatic carbocycles. The van der Waals surface area contributed by atoms with E-state index < -0.39 is 0 Å². The van der Waals surface area contributed by atoms with Crippen LogP contribution in [0.2, 0.25) is 0 Å². The van der Waals surface area contributed by atoms with E-state index in [9.17, 15) is 4.79 Å². The fourth-order valence-corrected chi connectivity index (χ4v) is 2.28. The predicted molar refractivity (Wildman–Crippen MR) is 96.4 cm³/mol. The minimum atomic E-state index is -0.214. The molecule has 0 unspecified atom stereocenters. The van der Waals surface area contributed by atoms with E-state index in [-0.39, 0.29) is 5.91 Å². The number of methoxy groups -OCH3 is 1. The van der Waals surface area contributed by atoms with Gasteiger partial charge < -0.3 is 10.1 Å². The third kappa shape index (κ3) is 5.47. The Morgan fingerprint density at radius 3 is 2.35 bits per heavy atom. The summed E-state index contributed by atoms with van der Waals surface area (Å²) in [6.07, 6.45) is 0.832. The highest BCUT2D eigenvalue weighted by Crippen LogP contribution is 2.19. The molecule has 0 bridgehead atoms. The summed E-state index contributed by atoms with van der Waals surface area (Å²) in [5.41, 5.74) is 2.77. The number of hydrogen-bond donors (Lipinski definition) is 2. The number of rotatable bonds is 6. The van der Waals surface area contributed by atoms with Gasteiger partial charge in [-0.15, -0.1) is 0 Å². The van der Waals surface area contributed by atoms with E-state index in [2.05, 4.69) is 10.6 Å². The Kier molecular flexibility index (Phi) is 6.72. The molecule has 0 saturated carbocycles. The summed E-state index contributed by atoms with van der Waals surface area (Å²) in [6.45, 7) is 1.32. The Balaban J connectivity index is 1.89. The third-order valence-corrected chi connectivity index (χ3v) is 3.54. The van der Waals surface area contributed by atoms with Crippen molar-refractivity contribution in [2.24, 2.45) is 0 Å². The largest absolute Gasteiger partial charge is 0.385 e. The number of carbonyl (C=O) groups excluding carboxylic acids is 1. The summed E-state index contributed by atoms with van der Waals surface area (Å²) in [5, 5.41) is 5.98. The maximum absolute atomic E-state index is 12.1. The molecule has 120 valence electrons. The lowest BCUT2D eigenvalue weighted by Gasteiger charge is -2.09. The summed E-state index contributed by atoms with van der Waals surface area (Å²) in [6, 6.07) is 17.5. The fourth-order valence-electron chi connectivity index (χ4n) is 2.08. The maximum atomic E-state index is 12.1. The molecule has 4 nitrogen and oxygen atoms in total. The Bertz CT molecular complexity index is 642. The van der Waals surface area contributed by atoms with Crippen LogP contribution in [0.5, 0.6) is 0 Å². The van der Waals surface area contributed by atoms with E-state index in [4.69, 9.17) is 17.0 Å². The highest BCUT2D eigenvalue weighted by atomic mass is 32.1. The van der Waals surface area contributed by atoms with Crippen molar-refractivity contribution in [2.75, 3.05) is 20.3 Å². The molecule has 23 heavy (non-hydrogen) atoms. The second-order valence-electron chi connectivity index (χ2n) is 5.00. The zero-order valence-electron chi connectivity index (χ0n) is 13.0. The first-order valence-electron chi connectivity index (χ1n) is 7.44. The van der Waals surface area contributed by atoms with E-state index in [1.165, 1.54) is 0 Å². The number of carbonyl (C=O) groups is 1. The van der Waals surface area contributed by atoms with E-state index in [0.29, 0.717) is 23.8 Å². The topological polar surface area (TPSA) is 50.4 Å². The molecule has 1 amide bonds. The summed E-state index contributed by atoms with van der Waals surface area (Å²) in [5.74, 6) is -0.214. The molecule has 5 heteroatoms. The predicted octanol–water partition coefficient (Wildman–Crippen LogP) is 2.99. The molecule has 2 rings (SSSR count). The van der Waals surface area contributed by atoms with Gasteiger partial charge in [-0.1, -0.05) is 42.5 Å². The molecule has 0 atom stereocenters. The van der Waals surface area contributed by atoms with Gasteiger partial charge in [0.05, 0.1) is 0 Å². The highest BCUT2D eigenvalue weighted by Gasteiger charge is 2.07. The average molecular weight is 328 g/mol. The summed E-state index contributed by atoms with van der Waals surface area (Å²) in [7, 11) is 1.65. The minimum absolute atomic E-state index is 0.214. The smallest absolute Gasteiger partial charge is 0.257 e. The van der Waals surface area contributed by atoms with Crippen molar-refractivity contribution in [3.8, 4) is 11.1 Å². The highest BCUT2D eigenvalue weighted by molar-refractivity contribution is 7.80. The van der Waals surface area contributed by atoms with Gasteiger partial charge in [0.2, 0.25) is 0 Å². The zero-order chi connectivity index (χ0) is 16.5. The first kappa shape index (κ1) is 17.1. The number of benzene rings is 2. The Morgan fingerprint density at radius 2 is 1.70 bits per heavy atom. The van der Waals surface area contributed by atoms with Crippen LogP contribution in [-0.2, 0) is 4.74 Å². The molecule has 0 fully saturated rings. The first-order valence-corrected chi connectivity index (χ1v) is 7.85. The van der Waals surface area contributed by atoms with Crippen LogP contribution in [0.25, 0.3) is 11.1 Å². The van der Waals surface area contributed by atoms with Crippen molar-refractivity contribution in [3.63, 3.8) is 0 Å². The van der Waals surface area contributed by atoms with Gasteiger partial charge in [0, 0.05) is 25.8 Å².